The number of hydrogen-bond donors (Lipinski definition) is 2. The van der Waals surface area contributed by atoms with Crippen LogP contribution in [0.3, 0.4) is 0 Å². The van der Waals surface area contributed by atoms with Crippen LogP contribution in [0.5, 0.6) is 0 Å². The van der Waals surface area contributed by atoms with E-state index in [1.807, 2.05) is 32.0 Å². The van der Waals surface area contributed by atoms with Gasteiger partial charge in [-0.15, -0.1) is 0 Å². The summed E-state index contributed by atoms with van der Waals surface area (Å²) in [7, 11) is 0. The summed E-state index contributed by atoms with van der Waals surface area (Å²) in [6.07, 6.45) is 2.84. The van der Waals surface area contributed by atoms with Crippen LogP contribution in [0.15, 0.2) is 36.5 Å². The summed E-state index contributed by atoms with van der Waals surface area (Å²) in [5.74, 6) is -0.461. The van der Waals surface area contributed by atoms with Gasteiger partial charge in [-0.1, -0.05) is 25.1 Å². The van der Waals surface area contributed by atoms with Crippen LogP contribution >= 0.6 is 0 Å². The summed E-state index contributed by atoms with van der Waals surface area (Å²) in [6, 6.07) is 9.14. The summed E-state index contributed by atoms with van der Waals surface area (Å²) < 4.78 is 1.63. The third-order valence-corrected chi connectivity index (χ3v) is 3.08. The van der Waals surface area contributed by atoms with Crippen LogP contribution in [-0.2, 0) is 11.3 Å². The molecule has 0 fully saturated rings. The van der Waals surface area contributed by atoms with Gasteiger partial charge in [0.05, 0.1) is 5.69 Å². The lowest BCUT2D eigenvalue weighted by Gasteiger charge is -2.06. The number of nitrogens with zero attached hydrogens (tertiary/aromatic N) is 2. The van der Waals surface area contributed by atoms with Crippen molar-refractivity contribution in [3.8, 4) is 0 Å². The van der Waals surface area contributed by atoms with Crippen molar-refractivity contribution in [1.29, 1.82) is 0 Å². The minimum absolute atomic E-state index is 0.119. The normalized spacial score (nSPS) is 10.3. The van der Waals surface area contributed by atoms with E-state index in [1.54, 1.807) is 23.0 Å². The molecule has 0 bridgehead atoms. The fourth-order valence-electron chi connectivity index (χ4n) is 1.99. The van der Waals surface area contributed by atoms with Crippen molar-refractivity contribution in [3.05, 3.63) is 42.2 Å². The molecule has 0 spiro atoms. The Hall–Kier alpha value is -2.63. The summed E-state index contributed by atoms with van der Waals surface area (Å²) in [6.45, 7) is 4.47. The molecule has 0 saturated carbocycles. The van der Waals surface area contributed by atoms with Gasteiger partial charge in [-0.3, -0.25) is 14.3 Å². The topological polar surface area (TPSA) is 76.0 Å². The smallest absolute Gasteiger partial charge is 0.278 e. The van der Waals surface area contributed by atoms with Gasteiger partial charge in [-0.05, 0) is 25.5 Å². The lowest BCUT2D eigenvalue weighted by molar-refractivity contribution is -0.116. The molecule has 2 rings (SSSR count). The molecule has 0 aliphatic heterocycles. The molecule has 0 atom stereocenters. The molecule has 1 heterocycles. The monoisotopic (exact) mass is 300 g/mol. The molecular weight excluding hydrogens is 280 g/mol. The van der Waals surface area contributed by atoms with Gasteiger partial charge in [0.2, 0.25) is 5.91 Å². The molecule has 0 aliphatic carbocycles. The Balaban J connectivity index is 2.19. The number of amides is 2. The molecule has 6 nitrogen and oxygen atoms in total. The predicted molar refractivity (Wildman–Crippen MR) is 85.8 cm³/mol. The molecule has 0 aliphatic rings. The Morgan fingerprint density at radius 2 is 1.86 bits per heavy atom. The standard InChI is InChI=1S/C16H20N4O2/c1-3-8-14(21)18-13-11-20(4-2)19-15(13)16(22)17-12-9-6-5-7-10-12/h5-7,9-11H,3-4,8H2,1-2H3,(H,17,22)(H,18,21). The van der Waals surface area contributed by atoms with E-state index >= 15 is 0 Å². The second kappa shape index (κ2) is 7.40. The largest absolute Gasteiger partial charge is 0.323 e. The van der Waals surface area contributed by atoms with Crippen molar-refractivity contribution in [1.82, 2.24) is 9.78 Å². The first kappa shape index (κ1) is 15.8. The van der Waals surface area contributed by atoms with Crippen molar-refractivity contribution in [3.63, 3.8) is 0 Å². The average Bonchev–Trinajstić information content (AvgIpc) is 2.91. The number of hydrogen-bond acceptors (Lipinski definition) is 3. The van der Waals surface area contributed by atoms with Gasteiger partial charge >= 0.3 is 0 Å². The van der Waals surface area contributed by atoms with Crippen LogP contribution < -0.4 is 10.6 Å². The highest BCUT2D eigenvalue weighted by Gasteiger charge is 2.18. The van der Waals surface area contributed by atoms with Crippen molar-refractivity contribution in [2.45, 2.75) is 33.2 Å². The van der Waals surface area contributed by atoms with E-state index in [0.717, 1.165) is 6.42 Å². The highest BCUT2D eigenvalue weighted by molar-refractivity contribution is 6.08. The van der Waals surface area contributed by atoms with Crippen LogP contribution in [-0.4, -0.2) is 21.6 Å². The zero-order chi connectivity index (χ0) is 15.9. The minimum Gasteiger partial charge on any atom is -0.323 e. The second-order valence-corrected chi connectivity index (χ2v) is 4.87. The van der Waals surface area contributed by atoms with E-state index in [9.17, 15) is 9.59 Å². The Bertz CT molecular complexity index is 649. The molecule has 0 radical (unpaired) electrons. The Morgan fingerprint density at radius 3 is 2.50 bits per heavy atom. The maximum Gasteiger partial charge on any atom is 0.278 e. The second-order valence-electron chi connectivity index (χ2n) is 4.87. The molecule has 2 aromatic rings. The predicted octanol–water partition coefficient (Wildman–Crippen LogP) is 2.89. The van der Waals surface area contributed by atoms with Crippen LogP contribution in [0.2, 0.25) is 0 Å². The Kier molecular flexibility index (Phi) is 5.30. The Morgan fingerprint density at radius 1 is 1.14 bits per heavy atom. The van der Waals surface area contributed by atoms with Crippen LogP contribution in [0.4, 0.5) is 11.4 Å². The van der Waals surface area contributed by atoms with Gasteiger partial charge < -0.3 is 10.6 Å². The molecule has 6 heteroatoms. The number of carbonyl (C=O) groups is 2. The van der Waals surface area contributed by atoms with Gasteiger partial charge in [-0.2, -0.15) is 5.10 Å². The lowest BCUT2D eigenvalue weighted by Crippen LogP contribution is -2.17. The highest BCUT2D eigenvalue weighted by Crippen LogP contribution is 2.17. The number of para-hydroxylation sites is 1. The zero-order valence-corrected chi connectivity index (χ0v) is 12.8. The third kappa shape index (κ3) is 3.94. The molecular formula is C16H20N4O2. The van der Waals surface area contributed by atoms with E-state index in [0.29, 0.717) is 24.3 Å². The van der Waals surface area contributed by atoms with Crippen molar-refractivity contribution < 1.29 is 9.59 Å². The van der Waals surface area contributed by atoms with Crippen LogP contribution in [0, 0.1) is 0 Å². The molecule has 1 aromatic heterocycles. The van der Waals surface area contributed by atoms with E-state index in [2.05, 4.69) is 15.7 Å². The maximum absolute atomic E-state index is 12.4. The number of carbonyl (C=O) groups excluding carboxylic acids is 2. The van der Waals surface area contributed by atoms with Crippen molar-refractivity contribution in [2.75, 3.05) is 10.6 Å². The molecule has 0 saturated heterocycles. The number of nitrogens with one attached hydrogen (secondary N) is 2. The molecule has 1 aromatic carbocycles. The first-order valence-corrected chi connectivity index (χ1v) is 7.37. The Labute approximate surface area is 129 Å². The number of rotatable bonds is 6. The van der Waals surface area contributed by atoms with E-state index in [-0.39, 0.29) is 17.5 Å². The van der Waals surface area contributed by atoms with Gasteiger partial charge in [0.25, 0.3) is 5.91 Å². The van der Waals surface area contributed by atoms with Crippen molar-refractivity contribution in [2.24, 2.45) is 0 Å². The van der Waals surface area contributed by atoms with Gasteiger partial charge in [-0.25, -0.2) is 0 Å². The van der Waals surface area contributed by atoms with Crippen LogP contribution in [0.25, 0.3) is 0 Å². The first-order chi connectivity index (χ1) is 10.6. The lowest BCUT2D eigenvalue weighted by atomic mass is 10.2. The van der Waals surface area contributed by atoms with E-state index in [1.165, 1.54) is 0 Å². The van der Waals surface area contributed by atoms with Gasteiger partial charge in [0.1, 0.15) is 0 Å². The number of aromatic nitrogens is 2. The summed E-state index contributed by atoms with van der Waals surface area (Å²) in [4.78, 5) is 24.1. The molecule has 0 unspecified atom stereocenters. The van der Waals surface area contributed by atoms with Crippen LogP contribution in [0.1, 0.15) is 37.2 Å². The van der Waals surface area contributed by atoms with Gasteiger partial charge in [0.15, 0.2) is 5.69 Å². The molecule has 116 valence electrons. The molecule has 22 heavy (non-hydrogen) atoms. The fraction of sp³-hybridized carbons (Fsp3) is 0.312. The van der Waals surface area contributed by atoms with Gasteiger partial charge in [0, 0.05) is 24.8 Å². The zero-order valence-electron chi connectivity index (χ0n) is 12.8. The van der Waals surface area contributed by atoms with Crippen molar-refractivity contribution >= 4 is 23.2 Å². The number of anilines is 2. The summed E-state index contributed by atoms with van der Waals surface area (Å²) in [5.41, 5.74) is 1.34. The highest BCUT2D eigenvalue weighted by atomic mass is 16.2. The molecule has 2 N–H and O–H groups in total. The summed E-state index contributed by atoms with van der Waals surface area (Å²) in [5, 5.41) is 9.75. The number of benzene rings is 1. The minimum atomic E-state index is -0.342. The van der Waals surface area contributed by atoms with E-state index < -0.39 is 0 Å². The molecule has 2 amide bonds. The average molecular weight is 300 g/mol. The van der Waals surface area contributed by atoms with E-state index in [4.69, 9.17) is 0 Å². The third-order valence-electron chi connectivity index (χ3n) is 3.08. The quantitative estimate of drug-likeness (QED) is 0.861. The summed E-state index contributed by atoms with van der Waals surface area (Å²) >= 11 is 0. The fourth-order valence-corrected chi connectivity index (χ4v) is 1.99. The first-order valence-electron chi connectivity index (χ1n) is 7.37. The number of aryl methyl sites for hydroxylation is 1. The maximum atomic E-state index is 12.4. The SMILES string of the molecule is CCCC(=O)Nc1cn(CC)nc1C(=O)Nc1ccccc1.